The number of primary amides is 1. The summed E-state index contributed by atoms with van der Waals surface area (Å²) in [6.07, 6.45) is 6.35. The van der Waals surface area contributed by atoms with Gasteiger partial charge in [-0.1, -0.05) is 12.8 Å². The quantitative estimate of drug-likeness (QED) is 0.280. The van der Waals surface area contributed by atoms with Crippen LogP contribution in [0.1, 0.15) is 77.4 Å². The molecule has 3 amide bonds. The number of carbonyl (C=O) groups excluding carboxylic acids is 3. The first-order chi connectivity index (χ1) is 18.3. The van der Waals surface area contributed by atoms with E-state index in [4.69, 9.17) is 19.6 Å². The van der Waals surface area contributed by atoms with Crippen LogP contribution in [0.5, 0.6) is 5.75 Å². The van der Waals surface area contributed by atoms with Gasteiger partial charge < -0.3 is 29.5 Å². The number of oxazole rings is 1. The van der Waals surface area contributed by atoms with Gasteiger partial charge in [0.15, 0.2) is 5.89 Å². The first-order valence-electron chi connectivity index (χ1n) is 12.8. The summed E-state index contributed by atoms with van der Waals surface area (Å²) in [5.74, 6) is -0.103. The third-order valence-corrected chi connectivity index (χ3v) is 6.55. The van der Waals surface area contributed by atoms with Gasteiger partial charge in [-0.2, -0.15) is 0 Å². The van der Waals surface area contributed by atoms with Crippen LogP contribution in [0.25, 0.3) is 11.0 Å². The monoisotopic (exact) mass is 526 g/mol. The molecule has 0 radical (unpaired) electrons. The number of benzene rings is 1. The van der Waals surface area contributed by atoms with Crippen LogP contribution in [0.3, 0.4) is 0 Å². The molecule has 2 aromatic heterocycles. The first-order valence-corrected chi connectivity index (χ1v) is 12.8. The van der Waals surface area contributed by atoms with Gasteiger partial charge >= 0.3 is 6.09 Å². The smallest absolute Gasteiger partial charge is 0.407 e. The lowest BCUT2D eigenvalue weighted by molar-refractivity contribution is 0.0886. The molecule has 0 saturated heterocycles. The average Bonchev–Trinajstić information content (AvgIpc) is 3.27. The van der Waals surface area contributed by atoms with Gasteiger partial charge in [-0.25, -0.2) is 14.8 Å². The van der Waals surface area contributed by atoms with Crippen LogP contribution < -0.4 is 21.1 Å². The number of hydrogen-bond acceptors (Lipinski definition) is 8. The molecule has 1 aromatic carbocycles. The van der Waals surface area contributed by atoms with Gasteiger partial charge in [0.25, 0.3) is 5.91 Å². The molecule has 0 aliphatic heterocycles. The van der Waals surface area contributed by atoms with Crippen molar-refractivity contribution in [3.05, 3.63) is 35.0 Å². The van der Waals surface area contributed by atoms with E-state index in [0.29, 0.717) is 47.9 Å². The van der Waals surface area contributed by atoms with Crippen molar-refractivity contribution in [1.29, 1.82) is 0 Å². The molecule has 0 spiro atoms. The van der Waals surface area contributed by atoms with Crippen molar-refractivity contribution >= 4 is 34.9 Å². The Morgan fingerprint density at radius 3 is 2.50 bits per heavy atom. The summed E-state index contributed by atoms with van der Waals surface area (Å²) in [6, 6.07) is 3.07. The number of hydrogen-bond donors (Lipinski definition) is 3. The van der Waals surface area contributed by atoms with Crippen molar-refractivity contribution in [3.63, 3.8) is 0 Å². The van der Waals surface area contributed by atoms with Gasteiger partial charge in [0.05, 0.1) is 18.3 Å². The molecule has 0 bridgehead atoms. The Morgan fingerprint density at radius 2 is 1.87 bits per heavy atom. The van der Waals surface area contributed by atoms with E-state index in [9.17, 15) is 14.4 Å². The van der Waals surface area contributed by atoms with Gasteiger partial charge in [-0.05, 0) is 51.2 Å². The number of anilines is 1. The SMILES string of the molecule is COc1cc(C(N)=O)cc2nc(NC(=O)c3oc(C)nc3C)n(CCCNC(=O)OC3CCCCCC3)c12. The van der Waals surface area contributed by atoms with E-state index in [2.05, 4.69) is 20.6 Å². The van der Waals surface area contributed by atoms with Gasteiger partial charge in [0.2, 0.25) is 17.6 Å². The molecule has 38 heavy (non-hydrogen) atoms. The van der Waals surface area contributed by atoms with Crippen molar-refractivity contribution in [2.24, 2.45) is 5.73 Å². The fourth-order valence-corrected chi connectivity index (χ4v) is 4.72. The Labute approximate surface area is 220 Å². The fourth-order valence-electron chi connectivity index (χ4n) is 4.72. The number of nitrogens with zero attached hydrogens (tertiary/aromatic N) is 3. The number of nitrogens with two attached hydrogens (primary N) is 1. The third-order valence-electron chi connectivity index (χ3n) is 6.55. The van der Waals surface area contributed by atoms with Gasteiger partial charge in [-0.3, -0.25) is 14.9 Å². The number of carbonyl (C=O) groups is 3. The Bertz CT molecular complexity index is 1320. The first kappa shape index (κ1) is 27.0. The minimum Gasteiger partial charge on any atom is -0.494 e. The van der Waals surface area contributed by atoms with Crippen LogP contribution in [0.4, 0.5) is 10.7 Å². The molecule has 0 unspecified atom stereocenters. The Morgan fingerprint density at radius 1 is 1.13 bits per heavy atom. The molecule has 3 aromatic rings. The summed E-state index contributed by atoms with van der Waals surface area (Å²) < 4.78 is 18.3. The molecule has 4 N–H and O–H groups in total. The fraction of sp³-hybridized carbons (Fsp3) is 0.500. The zero-order valence-electron chi connectivity index (χ0n) is 22.0. The highest BCUT2D eigenvalue weighted by atomic mass is 16.6. The van der Waals surface area contributed by atoms with Crippen LogP contribution >= 0.6 is 0 Å². The molecule has 12 heteroatoms. The number of aromatic nitrogens is 3. The van der Waals surface area contributed by atoms with E-state index in [1.165, 1.54) is 26.0 Å². The van der Waals surface area contributed by atoms with Gasteiger partial charge in [0.1, 0.15) is 17.4 Å². The molecule has 4 rings (SSSR count). The highest BCUT2D eigenvalue weighted by Gasteiger charge is 2.23. The second-order valence-corrected chi connectivity index (χ2v) is 9.40. The molecule has 0 atom stereocenters. The Balaban J connectivity index is 1.52. The third kappa shape index (κ3) is 6.24. The molecule has 1 aliphatic carbocycles. The predicted molar refractivity (Wildman–Crippen MR) is 139 cm³/mol. The van der Waals surface area contributed by atoms with Crippen LogP contribution in [0.15, 0.2) is 16.5 Å². The molecular weight excluding hydrogens is 492 g/mol. The molecule has 2 heterocycles. The predicted octanol–water partition coefficient (Wildman–Crippen LogP) is 3.84. The summed E-state index contributed by atoms with van der Waals surface area (Å²) in [5, 5.41) is 5.59. The molecule has 1 saturated carbocycles. The van der Waals surface area contributed by atoms with Crippen LogP contribution in [-0.4, -0.2) is 52.2 Å². The van der Waals surface area contributed by atoms with E-state index in [0.717, 1.165) is 25.7 Å². The molecule has 12 nitrogen and oxygen atoms in total. The zero-order chi connectivity index (χ0) is 27.2. The van der Waals surface area contributed by atoms with Crippen LogP contribution in [-0.2, 0) is 11.3 Å². The number of alkyl carbamates (subject to hydrolysis) is 1. The van der Waals surface area contributed by atoms with E-state index in [1.54, 1.807) is 24.5 Å². The number of nitrogens with one attached hydrogen (secondary N) is 2. The van der Waals surface area contributed by atoms with Crippen LogP contribution in [0.2, 0.25) is 0 Å². The zero-order valence-corrected chi connectivity index (χ0v) is 22.0. The summed E-state index contributed by atoms with van der Waals surface area (Å²) in [5.41, 5.74) is 7.14. The number of ether oxygens (including phenoxy) is 2. The Hall–Kier alpha value is -4.09. The van der Waals surface area contributed by atoms with Crippen molar-refractivity contribution in [1.82, 2.24) is 19.9 Å². The van der Waals surface area contributed by atoms with E-state index >= 15 is 0 Å². The standard InChI is InChI=1S/C26H34N6O6/c1-15-22(37-16(2)29-15)24(34)31-25-30-19-13-17(23(27)33)14-20(36-3)21(19)32(25)12-8-11-28-26(35)38-18-9-6-4-5-7-10-18/h13-14,18H,4-12H2,1-3H3,(H2,27,33)(H,28,35)(H,30,31,34). The lowest BCUT2D eigenvalue weighted by Gasteiger charge is -2.16. The average molecular weight is 527 g/mol. The van der Waals surface area contributed by atoms with E-state index < -0.39 is 17.9 Å². The maximum atomic E-state index is 13.0. The maximum absolute atomic E-state index is 13.0. The maximum Gasteiger partial charge on any atom is 0.407 e. The van der Waals surface area contributed by atoms with Gasteiger partial charge in [0, 0.05) is 25.6 Å². The van der Waals surface area contributed by atoms with E-state index in [-0.39, 0.29) is 23.4 Å². The minimum absolute atomic E-state index is 0.0381. The Kier molecular flexibility index (Phi) is 8.49. The topological polar surface area (TPSA) is 164 Å². The van der Waals surface area contributed by atoms with Crippen LogP contribution in [0, 0.1) is 13.8 Å². The molecule has 204 valence electrons. The second kappa shape index (κ2) is 12.0. The summed E-state index contributed by atoms with van der Waals surface area (Å²) in [7, 11) is 1.47. The molecular formula is C26H34N6O6. The largest absolute Gasteiger partial charge is 0.494 e. The number of methoxy groups -OCH3 is 1. The number of aryl methyl sites for hydroxylation is 3. The van der Waals surface area contributed by atoms with Crippen molar-refractivity contribution in [3.8, 4) is 5.75 Å². The number of imidazole rings is 1. The number of rotatable bonds is 9. The highest BCUT2D eigenvalue weighted by Crippen LogP contribution is 2.31. The lowest BCUT2D eigenvalue weighted by Crippen LogP contribution is -2.30. The summed E-state index contributed by atoms with van der Waals surface area (Å²) in [4.78, 5) is 45.8. The number of fused-ring (bicyclic) bond motifs is 1. The van der Waals surface area contributed by atoms with Gasteiger partial charge in [-0.15, -0.1) is 0 Å². The summed E-state index contributed by atoms with van der Waals surface area (Å²) in [6.45, 7) is 4.05. The van der Waals surface area contributed by atoms with Crippen molar-refractivity contribution in [2.75, 3.05) is 19.0 Å². The number of amides is 3. The lowest BCUT2D eigenvalue weighted by atomic mass is 10.1. The van der Waals surface area contributed by atoms with E-state index in [1.807, 2.05) is 0 Å². The molecule has 1 aliphatic rings. The van der Waals surface area contributed by atoms with Crippen molar-refractivity contribution in [2.45, 2.75) is 71.4 Å². The summed E-state index contributed by atoms with van der Waals surface area (Å²) >= 11 is 0. The second-order valence-electron chi connectivity index (χ2n) is 9.40. The molecule has 1 fully saturated rings. The normalized spacial score (nSPS) is 14.2. The minimum atomic E-state index is -0.630. The highest BCUT2D eigenvalue weighted by molar-refractivity contribution is 6.04. The van der Waals surface area contributed by atoms with Crippen molar-refractivity contribution < 1.29 is 28.3 Å².